The van der Waals surface area contributed by atoms with Crippen LogP contribution in [0.3, 0.4) is 0 Å². The minimum atomic E-state index is -2.86. The Hall–Kier alpha value is -0.130. The third kappa shape index (κ3) is 3.01. The van der Waals surface area contributed by atoms with E-state index in [0.29, 0.717) is 12.1 Å². The van der Waals surface area contributed by atoms with Crippen molar-refractivity contribution in [3.63, 3.8) is 0 Å². The van der Waals surface area contributed by atoms with Crippen LogP contribution < -0.4 is 5.32 Å². The smallest absolute Gasteiger partial charge is 0.150 e. The Labute approximate surface area is 105 Å². The van der Waals surface area contributed by atoms with Gasteiger partial charge in [0, 0.05) is 31.4 Å². The molecule has 2 aliphatic rings. The molecule has 1 aliphatic heterocycles. The van der Waals surface area contributed by atoms with Crippen LogP contribution in [0.2, 0.25) is 0 Å². The van der Waals surface area contributed by atoms with E-state index in [0.717, 1.165) is 45.3 Å². The summed E-state index contributed by atoms with van der Waals surface area (Å²) in [5, 5.41) is 3.19. The molecule has 0 aromatic rings. The predicted molar refractivity (Wildman–Crippen MR) is 69.9 cm³/mol. The van der Waals surface area contributed by atoms with Gasteiger partial charge in [-0.05, 0) is 25.8 Å². The molecule has 1 N–H and O–H groups in total. The van der Waals surface area contributed by atoms with Crippen molar-refractivity contribution in [1.82, 2.24) is 10.2 Å². The highest BCUT2D eigenvalue weighted by atomic mass is 32.2. The zero-order valence-corrected chi connectivity index (χ0v) is 11.7. The van der Waals surface area contributed by atoms with E-state index in [1.807, 2.05) is 0 Å². The average molecular weight is 260 g/mol. The van der Waals surface area contributed by atoms with Crippen LogP contribution in [0.4, 0.5) is 0 Å². The first-order valence-electron chi connectivity index (χ1n) is 6.67. The average Bonchev–Trinajstić information content (AvgIpc) is 2.22. The fourth-order valence-corrected chi connectivity index (χ4v) is 4.30. The second-order valence-corrected chi connectivity index (χ2v) is 7.74. The van der Waals surface area contributed by atoms with Gasteiger partial charge in [-0.25, -0.2) is 8.42 Å². The lowest BCUT2D eigenvalue weighted by atomic mass is 9.92. The molecule has 0 bridgehead atoms. The topological polar surface area (TPSA) is 49.4 Å². The van der Waals surface area contributed by atoms with Crippen molar-refractivity contribution in [2.45, 2.75) is 49.9 Å². The Balaban J connectivity index is 2.00. The summed E-state index contributed by atoms with van der Waals surface area (Å²) in [6, 6.07) is 1.10. The summed E-state index contributed by atoms with van der Waals surface area (Å²) in [4.78, 5) is 2.51. The van der Waals surface area contributed by atoms with Crippen LogP contribution in [0.15, 0.2) is 0 Å². The van der Waals surface area contributed by atoms with Crippen molar-refractivity contribution in [3.05, 3.63) is 0 Å². The van der Waals surface area contributed by atoms with Gasteiger partial charge in [0.15, 0.2) is 0 Å². The SMILES string of the molecule is CCN(C1CNC1)C1CCCC(S(C)(=O)=O)C1. The summed E-state index contributed by atoms with van der Waals surface area (Å²) in [7, 11) is -2.86. The number of rotatable bonds is 4. The number of hydrogen-bond acceptors (Lipinski definition) is 4. The van der Waals surface area contributed by atoms with Crippen LogP contribution in [0.25, 0.3) is 0 Å². The summed E-state index contributed by atoms with van der Waals surface area (Å²) < 4.78 is 23.3. The van der Waals surface area contributed by atoms with E-state index < -0.39 is 9.84 Å². The first kappa shape index (κ1) is 13.3. The van der Waals surface area contributed by atoms with E-state index in [-0.39, 0.29) is 5.25 Å². The molecule has 0 aromatic heterocycles. The van der Waals surface area contributed by atoms with E-state index in [9.17, 15) is 8.42 Å². The molecule has 0 aromatic carbocycles. The summed E-state index contributed by atoms with van der Waals surface area (Å²) in [6.07, 6.45) is 5.30. The number of sulfone groups is 1. The van der Waals surface area contributed by atoms with Gasteiger partial charge in [0.05, 0.1) is 5.25 Å². The van der Waals surface area contributed by atoms with Gasteiger partial charge >= 0.3 is 0 Å². The molecule has 4 nitrogen and oxygen atoms in total. The van der Waals surface area contributed by atoms with E-state index >= 15 is 0 Å². The highest BCUT2D eigenvalue weighted by Gasteiger charge is 2.35. The Morgan fingerprint density at radius 3 is 2.41 bits per heavy atom. The monoisotopic (exact) mass is 260 g/mol. The Morgan fingerprint density at radius 2 is 1.94 bits per heavy atom. The second-order valence-electron chi connectivity index (χ2n) is 5.41. The number of hydrogen-bond donors (Lipinski definition) is 1. The molecular formula is C12H24N2O2S. The molecule has 2 rings (SSSR count). The van der Waals surface area contributed by atoms with Gasteiger partial charge in [0.25, 0.3) is 0 Å². The molecule has 100 valence electrons. The maximum absolute atomic E-state index is 11.7. The van der Waals surface area contributed by atoms with E-state index in [2.05, 4.69) is 17.1 Å². The second kappa shape index (κ2) is 5.24. The van der Waals surface area contributed by atoms with Gasteiger partial charge in [-0.3, -0.25) is 4.90 Å². The largest absolute Gasteiger partial charge is 0.314 e. The minimum Gasteiger partial charge on any atom is -0.314 e. The number of nitrogens with one attached hydrogen (secondary N) is 1. The summed E-state index contributed by atoms with van der Waals surface area (Å²) in [5.41, 5.74) is 0. The molecule has 2 unspecified atom stereocenters. The van der Waals surface area contributed by atoms with Gasteiger partial charge < -0.3 is 5.32 Å². The number of nitrogens with zero attached hydrogens (tertiary/aromatic N) is 1. The Kier molecular flexibility index (Phi) is 4.10. The van der Waals surface area contributed by atoms with E-state index in [1.54, 1.807) is 0 Å². The summed E-state index contributed by atoms with van der Waals surface area (Å²) in [6.45, 7) is 5.34. The maximum Gasteiger partial charge on any atom is 0.150 e. The van der Waals surface area contributed by atoms with Gasteiger partial charge in [-0.1, -0.05) is 13.3 Å². The van der Waals surface area contributed by atoms with Gasteiger partial charge in [-0.15, -0.1) is 0 Å². The lowest BCUT2D eigenvalue weighted by Gasteiger charge is -2.45. The molecule has 5 heteroatoms. The standard InChI is InChI=1S/C12H24N2O2S/c1-3-14(11-8-13-9-11)10-5-4-6-12(7-10)17(2,15)16/h10-13H,3-9H2,1-2H3. The molecule has 1 saturated carbocycles. The van der Waals surface area contributed by atoms with Crippen molar-refractivity contribution in [3.8, 4) is 0 Å². The quantitative estimate of drug-likeness (QED) is 0.806. The fourth-order valence-electron chi connectivity index (χ4n) is 3.13. The molecule has 17 heavy (non-hydrogen) atoms. The van der Waals surface area contributed by atoms with E-state index in [4.69, 9.17) is 0 Å². The van der Waals surface area contributed by atoms with Crippen LogP contribution in [0, 0.1) is 0 Å². The lowest BCUT2D eigenvalue weighted by Crippen LogP contribution is -2.60. The van der Waals surface area contributed by atoms with Crippen molar-refractivity contribution in [2.75, 3.05) is 25.9 Å². The first-order valence-corrected chi connectivity index (χ1v) is 8.63. The molecule has 0 radical (unpaired) electrons. The number of likely N-dealkylation sites (N-methyl/N-ethyl adjacent to an activating group) is 1. The molecule has 0 amide bonds. The summed E-state index contributed by atoms with van der Waals surface area (Å²) in [5.74, 6) is 0. The van der Waals surface area contributed by atoms with E-state index in [1.165, 1.54) is 6.26 Å². The van der Waals surface area contributed by atoms with Gasteiger partial charge in [-0.2, -0.15) is 0 Å². The Morgan fingerprint density at radius 1 is 1.24 bits per heavy atom. The lowest BCUT2D eigenvalue weighted by molar-refractivity contribution is 0.0799. The highest BCUT2D eigenvalue weighted by molar-refractivity contribution is 7.91. The van der Waals surface area contributed by atoms with Crippen LogP contribution in [-0.2, 0) is 9.84 Å². The minimum absolute atomic E-state index is 0.108. The first-order chi connectivity index (χ1) is 8.02. The fraction of sp³-hybridized carbons (Fsp3) is 1.00. The van der Waals surface area contributed by atoms with Crippen molar-refractivity contribution in [2.24, 2.45) is 0 Å². The zero-order valence-electron chi connectivity index (χ0n) is 10.9. The van der Waals surface area contributed by atoms with Gasteiger partial charge in [0.2, 0.25) is 0 Å². The van der Waals surface area contributed by atoms with Crippen molar-refractivity contribution < 1.29 is 8.42 Å². The molecule has 2 fully saturated rings. The molecule has 0 spiro atoms. The zero-order chi connectivity index (χ0) is 12.5. The van der Waals surface area contributed by atoms with Crippen molar-refractivity contribution in [1.29, 1.82) is 0 Å². The molecule has 2 atom stereocenters. The van der Waals surface area contributed by atoms with Crippen LogP contribution >= 0.6 is 0 Å². The third-order valence-electron chi connectivity index (χ3n) is 4.27. The Bertz CT molecular complexity index is 352. The van der Waals surface area contributed by atoms with Crippen LogP contribution in [-0.4, -0.2) is 56.5 Å². The highest BCUT2D eigenvalue weighted by Crippen LogP contribution is 2.28. The third-order valence-corrected chi connectivity index (χ3v) is 5.91. The van der Waals surface area contributed by atoms with Crippen LogP contribution in [0.1, 0.15) is 32.6 Å². The van der Waals surface area contributed by atoms with Crippen LogP contribution in [0.5, 0.6) is 0 Å². The molecule has 1 saturated heterocycles. The molecular weight excluding hydrogens is 236 g/mol. The summed E-state index contributed by atoms with van der Waals surface area (Å²) >= 11 is 0. The predicted octanol–water partition coefficient (Wildman–Crippen LogP) is 0.636. The van der Waals surface area contributed by atoms with Gasteiger partial charge in [0.1, 0.15) is 9.84 Å². The molecule has 1 aliphatic carbocycles. The molecule has 1 heterocycles. The van der Waals surface area contributed by atoms with Crippen molar-refractivity contribution >= 4 is 9.84 Å². The normalized spacial score (nSPS) is 31.5. The maximum atomic E-state index is 11.7.